The van der Waals surface area contributed by atoms with Gasteiger partial charge in [-0.25, -0.2) is 15.0 Å². The molecule has 0 spiro atoms. The molecule has 0 bridgehead atoms. The second-order valence-corrected chi connectivity index (χ2v) is 3.69. The van der Waals surface area contributed by atoms with Crippen LogP contribution in [0.4, 0.5) is 0 Å². The van der Waals surface area contributed by atoms with Crippen LogP contribution in [0.15, 0.2) is 0 Å². The third-order valence-corrected chi connectivity index (χ3v) is 2.95. The SMILES string of the molecule is CCN(CC)N(N(CC)CC)N(CC)CC. The van der Waals surface area contributed by atoms with Gasteiger partial charge in [0.15, 0.2) is 0 Å². The lowest BCUT2D eigenvalue weighted by Crippen LogP contribution is -2.61. The molecule has 0 N–H and O–H groups in total. The molecule has 0 unspecified atom stereocenters. The zero-order chi connectivity index (χ0) is 12.6. The summed E-state index contributed by atoms with van der Waals surface area (Å²) in [6.45, 7) is 19.5. The van der Waals surface area contributed by atoms with Gasteiger partial charge in [0.05, 0.1) is 0 Å². The molecule has 0 atom stereocenters. The maximum atomic E-state index is 2.38. The highest BCUT2D eigenvalue weighted by Crippen LogP contribution is 2.08. The Labute approximate surface area is 102 Å². The van der Waals surface area contributed by atoms with Crippen molar-refractivity contribution in [2.45, 2.75) is 41.5 Å². The zero-order valence-corrected chi connectivity index (χ0v) is 12.0. The summed E-state index contributed by atoms with van der Waals surface area (Å²) < 4.78 is 0. The van der Waals surface area contributed by atoms with E-state index in [4.69, 9.17) is 0 Å². The molecule has 0 aromatic rings. The summed E-state index contributed by atoms with van der Waals surface area (Å²) in [6.07, 6.45) is 0. The average Bonchev–Trinajstić information content (AvgIpc) is 2.33. The van der Waals surface area contributed by atoms with Crippen molar-refractivity contribution in [3.63, 3.8) is 0 Å². The van der Waals surface area contributed by atoms with Crippen LogP contribution in [0.5, 0.6) is 0 Å². The predicted molar refractivity (Wildman–Crippen MR) is 70.6 cm³/mol. The van der Waals surface area contributed by atoms with Gasteiger partial charge in [0, 0.05) is 39.3 Å². The minimum absolute atomic E-state index is 1.05. The summed E-state index contributed by atoms with van der Waals surface area (Å²) in [5.41, 5.74) is 0. The van der Waals surface area contributed by atoms with Crippen molar-refractivity contribution < 1.29 is 0 Å². The molecule has 0 aromatic carbocycles. The molecule has 4 nitrogen and oxygen atoms in total. The highest BCUT2D eigenvalue weighted by Gasteiger charge is 2.22. The van der Waals surface area contributed by atoms with Crippen LogP contribution in [-0.2, 0) is 0 Å². The molecule has 0 rings (SSSR count). The Balaban J connectivity index is 4.84. The minimum Gasteiger partial charge on any atom is -0.214 e. The van der Waals surface area contributed by atoms with E-state index < -0.39 is 0 Å². The van der Waals surface area contributed by atoms with E-state index >= 15 is 0 Å². The lowest BCUT2D eigenvalue weighted by molar-refractivity contribution is -0.301. The van der Waals surface area contributed by atoms with E-state index in [0.717, 1.165) is 39.3 Å². The maximum Gasteiger partial charge on any atom is 0.0132 e. The van der Waals surface area contributed by atoms with E-state index in [1.54, 1.807) is 0 Å². The molecule has 0 amide bonds. The van der Waals surface area contributed by atoms with Crippen molar-refractivity contribution in [3.8, 4) is 0 Å². The monoisotopic (exact) mass is 230 g/mol. The van der Waals surface area contributed by atoms with Crippen LogP contribution < -0.4 is 0 Å². The summed E-state index contributed by atoms with van der Waals surface area (Å²) in [5, 5.41) is 9.46. The van der Waals surface area contributed by atoms with Crippen LogP contribution in [0.1, 0.15) is 41.5 Å². The molecule has 0 aliphatic carbocycles. The fraction of sp³-hybridized carbons (Fsp3) is 1.00. The van der Waals surface area contributed by atoms with Crippen LogP contribution in [0, 0.1) is 0 Å². The third kappa shape index (κ3) is 4.01. The summed E-state index contributed by atoms with van der Waals surface area (Å²) >= 11 is 0. The van der Waals surface area contributed by atoms with Gasteiger partial charge in [-0.1, -0.05) is 41.5 Å². The standard InChI is InChI=1S/C12H30N4/c1-7-13(8-2)16(14(9-3)10-4)15(11-5)12-6/h7-12H2,1-6H3. The fourth-order valence-corrected chi connectivity index (χ4v) is 1.97. The maximum absolute atomic E-state index is 2.38. The van der Waals surface area contributed by atoms with Gasteiger partial charge in [-0.2, -0.15) is 0 Å². The molecule has 0 saturated heterocycles. The van der Waals surface area contributed by atoms with E-state index in [1.165, 1.54) is 0 Å². The molecule has 0 radical (unpaired) electrons. The first kappa shape index (κ1) is 15.8. The molecule has 16 heavy (non-hydrogen) atoms. The molecule has 0 fully saturated rings. The largest absolute Gasteiger partial charge is 0.214 e. The van der Waals surface area contributed by atoms with Gasteiger partial charge in [0.1, 0.15) is 0 Å². The first-order chi connectivity index (χ1) is 7.69. The van der Waals surface area contributed by atoms with Crippen molar-refractivity contribution in [1.82, 2.24) is 20.3 Å². The van der Waals surface area contributed by atoms with Crippen LogP contribution in [0.25, 0.3) is 0 Å². The molecule has 98 valence electrons. The normalized spacial score (nSPS) is 12.4. The predicted octanol–water partition coefficient (Wildman–Crippen LogP) is 2.06. The Bertz CT molecular complexity index is 123. The Kier molecular flexibility index (Phi) is 8.84. The van der Waals surface area contributed by atoms with E-state index in [0.29, 0.717) is 0 Å². The quantitative estimate of drug-likeness (QED) is 0.562. The molecule has 0 heterocycles. The van der Waals surface area contributed by atoms with Crippen molar-refractivity contribution in [2.24, 2.45) is 0 Å². The van der Waals surface area contributed by atoms with Gasteiger partial charge in [-0.05, 0) is 0 Å². The van der Waals surface area contributed by atoms with Crippen LogP contribution in [0.3, 0.4) is 0 Å². The summed E-state index contributed by atoms with van der Waals surface area (Å²) in [5.74, 6) is 0. The van der Waals surface area contributed by atoms with E-state index in [9.17, 15) is 0 Å². The van der Waals surface area contributed by atoms with Crippen LogP contribution in [0.2, 0.25) is 0 Å². The first-order valence-corrected chi connectivity index (χ1v) is 6.74. The molecular formula is C12H30N4. The summed E-state index contributed by atoms with van der Waals surface area (Å²) in [7, 11) is 0. The molecule has 4 heteroatoms. The van der Waals surface area contributed by atoms with E-state index in [1.807, 2.05) is 0 Å². The smallest absolute Gasteiger partial charge is 0.0132 e. The number of hydrogen-bond donors (Lipinski definition) is 0. The van der Waals surface area contributed by atoms with Crippen LogP contribution >= 0.6 is 0 Å². The van der Waals surface area contributed by atoms with Gasteiger partial charge >= 0.3 is 0 Å². The molecule has 0 aliphatic rings. The number of rotatable bonds is 9. The van der Waals surface area contributed by atoms with Crippen molar-refractivity contribution >= 4 is 0 Å². The van der Waals surface area contributed by atoms with Crippen molar-refractivity contribution in [3.05, 3.63) is 0 Å². The van der Waals surface area contributed by atoms with Gasteiger partial charge < -0.3 is 0 Å². The summed E-state index contributed by atoms with van der Waals surface area (Å²) in [6, 6.07) is 0. The van der Waals surface area contributed by atoms with Crippen LogP contribution in [-0.4, -0.2) is 59.5 Å². The lowest BCUT2D eigenvalue weighted by Gasteiger charge is -2.46. The highest BCUT2D eigenvalue weighted by molar-refractivity contribution is 4.53. The topological polar surface area (TPSA) is 13.0 Å². The zero-order valence-electron chi connectivity index (χ0n) is 12.0. The third-order valence-electron chi connectivity index (χ3n) is 2.95. The van der Waals surface area contributed by atoms with Crippen molar-refractivity contribution in [1.29, 1.82) is 0 Å². The Morgan fingerprint density at radius 3 is 0.750 bits per heavy atom. The average molecular weight is 230 g/mol. The highest BCUT2D eigenvalue weighted by atomic mass is 16.0. The van der Waals surface area contributed by atoms with E-state index in [-0.39, 0.29) is 0 Å². The van der Waals surface area contributed by atoms with Gasteiger partial charge in [0.2, 0.25) is 0 Å². The fourth-order valence-electron chi connectivity index (χ4n) is 1.97. The molecule has 0 aromatic heterocycles. The Morgan fingerprint density at radius 2 is 0.625 bits per heavy atom. The van der Waals surface area contributed by atoms with Gasteiger partial charge in [0.25, 0.3) is 0 Å². The minimum atomic E-state index is 1.05. The number of hydrazine groups is 3. The second kappa shape index (κ2) is 8.93. The number of hydrogen-bond acceptors (Lipinski definition) is 4. The van der Waals surface area contributed by atoms with E-state index in [2.05, 4.69) is 61.8 Å². The molecule has 0 aliphatic heterocycles. The van der Waals surface area contributed by atoms with Gasteiger partial charge in [-0.3, -0.25) is 0 Å². The first-order valence-electron chi connectivity index (χ1n) is 6.74. The lowest BCUT2D eigenvalue weighted by atomic mass is 10.6. The Morgan fingerprint density at radius 1 is 0.438 bits per heavy atom. The second-order valence-electron chi connectivity index (χ2n) is 3.69. The molecule has 0 saturated carbocycles. The molecular weight excluding hydrogens is 200 g/mol. The van der Waals surface area contributed by atoms with Gasteiger partial charge in [-0.15, -0.1) is 5.23 Å². The summed E-state index contributed by atoms with van der Waals surface area (Å²) in [4.78, 5) is 0. The number of nitrogens with zero attached hydrogens (tertiary/aromatic N) is 4. The Hall–Kier alpha value is -0.160. The van der Waals surface area contributed by atoms with Crippen molar-refractivity contribution in [2.75, 3.05) is 39.3 Å².